The number of aromatic nitrogens is 4. The first-order valence-corrected chi connectivity index (χ1v) is 15.5. The second-order valence-electron chi connectivity index (χ2n) is 13.6. The van der Waals surface area contributed by atoms with E-state index in [4.69, 9.17) is 19.4 Å². The number of carbonyl (C=O) groups excluding carboxylic acids is 2. The first kappa shape index (κ1) is 28.6. The number of aryl methyl sites for hydroxylation is 1. The van der Waals surface area contributed by atoms with Gasteiger partial charge >= 0.3 is 6.09 Å². The number of carbonyl (C=O) groups is 2. The molecule has 4 aromatic rings. The molecule has 1 unspecified atom stereocenters. The highest BCUT2D eigenvalue weighted by Crippen LogP contribution is 2.41. The number of pyridine rings is 1. The number of nitrogens with zero attached hydrogens (tertiary/aromatic N) is 5. The number of hydrogen-bond donors (Lipinski definition) is 2. The van der Waals surface area contributed by atoms with Gasteiger partial charge in [-0.05, 0) is 83.3 Å². The van der Waals surface area contributed by atoms with Gasteiger partial charge in [0.1, 0.15) is 22.5 Å². The van der Waals surface area contributed by atoms with Crippen LogP contribution in [0.2, 0.25) is 0 Å². The van der Waals surface area contributed by atoms with Crippen LogP contribution in [0.1, 0.15) is 50.4 Å². The molecule has 7 rings (SSSR count). The third-order valence-corrected chi connectivity index (χ3v) is 9.37. The Balaban J connectivity index is 1.24. The number of methoxy groups -OCH3 is 1. The molecule has 0 spiro atoms. The fourth-order valence-corrected chi connectivity index (χ4v) is 7.27. The van der Waals surface area contributed by atoms with Crippen molar-refractivity contribution in [1.82, 2.24) is 34.6 Å². The van der Waals surface area contributed by atoms with E-state index in [-0.39, 0.29) is 30.0 Å². The van der Waals surface area contributed by atoms with Gasteiger partial charge in [-0.15, -0.1) is 0 Å². The third-order valence-electron chi connectivity index (χ3n) is 9.37. The minimum atomic E-state index is -0.601. The van der Waals surface area contributed by atoms with Gasteiger partial charge < -0.3 is 34.1 Å². The monoisotopic (exact) mass is 599 g/mol. The summed E-state index contributed by atoms with van der Waals surface area (Å²) in [4.78, 5) is 38.6. The molecule has 44 heavy (non-hydrogen) atoms. The summed E-state index contributed by atoms with van der Waals surface area (Å²) in [7, 11) is 5.52. The van der Waals surface area contributed by atoms with E-state index in [9.17, 15) is 9.59 Å². The van der Waals surface area contributed by atoms with Crippen molar-refractivity contribution in [2.75, 3.05) is 20.7 Å². The molecule has 1 aliphatic heterocycles. The Kier molecular flexibility index (Phi) is 6.84. The molecule has 2 saturated carbocycles. The summed E-state index contributed by atoms with van der Waals surface area (Å²) in [6.45, 7) is 7.00. The number of rotatable bonds is 7. The van der Waals surface area contributed by atoms with Gasteiger partial charge in [0.2, 0.25) is 0 Å². The molecule has 11 nitrogen and oxygen atoms in total. The van der Waals surface area contributed by atoms with E-state index < -0.39 is 11.7 Å². The number of alkyl carbamates (subject to hydrolysis) is 1. The van der Waals surface area contributed by atoms with Gasteiger partial charge in [0.15, 0.2) is 5.82 Å². The normalized spacial score (nSPS) is 23.1. The van der Waals surface area contributed by atoms with E-state index in [1.807, 2.05) is 64.2 Å². The highest BCUT2D eigenvalue weighted by atomic mass is 16.6. The molecule has 2 amide bonds. The van der Waals surface area contributed by atoms with Crippen LogP contribution < -0.4 is 15.4 Å². The van der Waals surface area contributed by atoms with Crippen LogP contribution in [-0.2, 0) is 18.3 Å². The molecule has 4 atom stereocenters. The van der Waals surface area contributed by atoms with Crippen molar-refractivity contribution in [2.45, 2.75) is 70.3 Å². The lowest BCUT2D eigenvalue weighted by Gasteiger charge is -2.33. The first-order valence-electron chi connectivity index (χ1n) is 15.5. The Bertz CT molecular complexity index is 1770. The molecule has 2 N–H and O–H groups in total. The van der Waals surface area contributed by atoms with Crippen molar-refractivity contribution < 1.29 is 19.1 Å². The number of likely N-dealkylation sites (tertiary alicyclic amines) is 1. The lowest BCUT2D eigenvalue weighted by molar-refractivity contribution is 0.0480. The van der Waals surface area contributed by atoms with Gasteiger partial charge in [0.25, 0.3) is 5.91 Å². The number of nitrogens with one attached hydrogen (secondary N) is 2. The van der Waals surface area contributed by atoms with E-state index in [0.29, 0.717) is 29.3 Å². The summed E-state index contributed by atoms with van der Waals surface area (Å²) in [5.74, 6) is 2.08. The van der Waals surface area contributed by atoms with Gasteiger partial charge in [0, 0.05) is 49.2 Å². The van der Waals surface area contributed by atoms with Crippen LogP contribution in [0, 0.1) is 11.8 Å². The van der Waals surface area contributed by atoms with Gasteiger partial charge in [-0.25, -0.2) is 14.8 Å². The highest BCUT2D eigenvalue weighted by molar-refractivity contribution is 6.00. The third kappa shape index (κ3) is 4.87. The van der Waals surface area contributed by atoms with Crippen molar-refractivity contribution in [2.24, 2.45) is 18.9 Å². The Labute approximate surface area is 256 Å². The Morgan fingerprint density at radius 1 is 1.16 bits per heavy atom. The standard InChI is InChI=1S/C33H41N7O4/c1-33(2,3)44-32(42)37-26-21-13-22(34-4)28(26)40(17-21)31(41)20-12-23-27(25(15-20)43-6)38(5)30(36-23)24-14-19-8-7-11-35-29(19)39(24)16-18-9-10-18/h7-8,11-12,14-15,18,21-22,26,28,34H,9-10,13,16-17H2,1-6H3,(H,37,42)/t21-,22?,26-,28-/m1/s1. The fraction of sp³-hybridized carbons (Fsp3) is 0.515. The van der Waals surface area contributed by atoms with Crippen LogP contribution in [0.3, 0.4) is 0 Å². The largest absolute Gasteiger partial charge is 0.494 e. The number of imidazole rings is 1. The lowest BCUT2D eigenvalue weighted by Crippen LogP contribution is -2.54. The van der Waals surface area contributed by atoms with E-state index in [1.165, 1.54) is 12.8 Å². The van der Waals surface area contributed by atoms with Gasteiger partial charge in [-0.3, -0.25) is 4.79 Å². The number of fused-ring (bicyclic) bond motifs is 4. The molecule has 2 bridgehead atoms. The minimum Gasteiger partial charge on any atom is -0.494 e. The maximum absolute atomic E-state index is 14.2. The van der Waals surface area contributed by atoms with Crippen LogP contribution in [-0.4, -0.2) is 80.4 Å². The highest BCUT2D eigenvalue weighted by Gasteiger charge is 2.54. The van der Waals surface area contributed by atoms with Gasteiger partial charge in [0.05, 0.1) is 30.4 Å². The minimum absolute atomic E-state index is 0.0618. The zero-order valence-electron chi connectivity index (χ0n) is 26.3. The number of piperidine rings is 1. The summed E-state index contributed by atoms with van der Waals surface area (Å²) < 4.78 is 15.7. The van der Waals surface area contributed by atoms with Crippen molar-refractivity contribution in [1.29, 1.82) is 0 Å². The van der Waals surface area contributed by atoms with Crippen LogP contribution in [0.4, 0.5) is 4.79 Å². The molecule has 3 fully saturated rings. The summed E-state index contributed by atoms with van der Waals surface area (Å²) >= 11 is 0. The molecule has 3 aromatic heterocycles. The second-order valence-corrected chi connectivity index (χ2v) is 13.6. The average Bonchev–Trinajstić information content (AvgIpc) is 3.37. The van der Waals surface area contributed by atoms with E-state index in [1.54, 1.807) is 7.11 Å². The Morgan fingerprint density at radius 2 is 1.95 bits per heavy atom. The van der Waals surface area contributed by atoms with Crippen LogP contribution in [0.15, 0.2) is 36.5 Å². The summed E-state index contributed by atoms with van der Waals surface area (Å²) in [6.07, 6.45) is 4.72. The summed E-state index contributed by atoms with van der Waals surface area (Å²) in [5.41, 5.74) is 3.40. The van der Waals surface area contributed by atoms with Crippen molar-refractivity contribution >= 4 is 34.1 Å². The molecule has 1 aromatic carbocycles. The maximum atomic E-state index is 14.2. The zero-order chi connectivity index (χ0) is 30.9. The van der Waals surface area contributed by atoms with Crippen LogP contribution in [0.25, 0.3) is 33.6 Å². The Morgan fingerprint density at radius 3 is 2.66 bits per heavy atom. The second kappa shape index (κ2) is 10.5. The number of hydrogen-bond acceptors (Lipinski definition) is 7. The molecule has 11 heteroatoms. The zero-order valence-corrected chi connectivity index (χ0v) is 26.3. The molecular weight excluding hydrogens is 558 g/mol. The average molecular weight is 600 g/mol. The molecule has 4 heterocycles. The number of amides is 2. The first-order chi connectivity index (χ1) is 21.1. The molecule has 2 aliphatic carbocycles. The molecule has 0 radical (unpaired) electrons. The number of ether oxygens (including phenoxy) is 2. The molecule has 232 valence electrons. The maximum Gasteiger partial charge on any atom is 0.407 e. The lowest BCUT2D eigenvalue weighted by atomic mass is 10.0. The predicted molar refractivity (Wildman–Crippen MR) is 168 cm³/mol. The van der Waals surface area contributed by atoms with E-state index >= 15 is 0 Å². The van der Waals surface area contributed by atoms with Crippen molar-refractivity contribution in [3.8, 4) is 17.3 Å². The number of benzene rings is 1. The molecule has 1 saturated heterocycles. The van der Waals surface area contributed by atoms with Gasteiger partial charge in [-0.1, -0.05) is 0 Å². The van der Waals surface area contributed by atoms with Gasteiger partial charge in [-0.2, -0.15) is 0 Å². The molecular formula is C33H41N7O4. The Hall–Kier alpha value is -4.12. The van der Waals surface area contributed by atoms with E-state index in [0.717, 1.165) is 41.0 Å². The van der Waals surface area contributed by atoms with E-state index in [2.05, 4.69) is 31.9 Å². The molecule has 3 aliphatic rings. The predicted octanol–water partition coefficient (Wildman–Crippen LogP) is 4.33. The summed E-state index contributed by atoms with van der Waals surface area (Å²) in [5, 5.41) is 7.51. The van der Waals surface area contributed by atoms with Crippen LogP contribution >= 0.6 is 0 Å². The van der Waals surface area contributed by atoms with Crippen molar-refractivity contribution in [3.63, 3.8) is 0 Å². The fourth-order valence-electron chi connectivity index (χ4n) is 7.27. The smallest absolute Gasteiger partial charge is 0.407 e. The van der Waals surface area contributed by atoms with Crippen LogP contribution in [0.5, 0.6) is 5.75 Å². The van der Waals surface area contributed by atoms with Crippen molar-refractivity contribution in [3.05, 3.63) is 42.1 Å². The number of likely N-dealkylation sites (N-methyl/N-ethyl adjacent to an activating group) is 1. The SMILES string of the molecule is CNC1C[C@@H]2CN(C(=O)c3cc(OC)c4c(c3)nc(-c3cc5cccnc5n3CC3CC3)n4C)[C@H]1[C@@H]2NC(=O)OC(C)(C)C. The summed E-state index contributed by atoms with van der Waals surface area (Å²) in [6, 6.07) is 9.55. The quantitative estimate of drug-likeness (QED) is 0.325. The topological polar surface area (TPSA) is 116 Å².